The van der Waals surface area contributed by atoms with E-state index < -0.39 is 0 Å². The van der Waals surface area contributed by atoms with Gasteiger partial charge in [0, 0.05) is 25.7 Å². The van der Waals surface area contributed by atoms with Crippen LogP contribution in [0.25, 0.3) is 0 Å². The van der Waals surface area contributed by atoms with E-state index >= 15 is 0 Å². The van der Waals surface area contributed by atoms with Gasteiger partial charge in [0.2, 0.25) is 0 Å². The van der Waals surface area contributed by atoms with Crippen molar-refractivity contribution in [1.29, 1.82) is 0 Å². The molecule has 1 fully saturated rings. The highest BCUT2D eigenvalue weighted by molar-refractivity contribution is 7.98. The molecule has 102 valence electrons. The first-order chi connectivity index (χ1) is 8.31. The summed E-state index contributed by atoms with van der Waals surface area (Å²) >= 11 is 1.91. The maximum atomic E-state index is 5.90. The van der Waals surface area contributed by atoms with Gasteiger partial charge in [0.15, 0.2) is 0 Å². The van der Waals surface area contributed by atoms with Crippen molar-refractivity contribution in [2.75, 3.05) is 38.2 Å². The van der Waals surface area contributed by atoms with Crippen LogP contribution in [0.5, 0.6) is 0 Å². The predicted octanol–water partition coefficient (Wildman–Crippen LogP) is 1.96. The zero-order valence-electron chi connectivity index (χ0n) is 11.4. The Morgan fingerprint density at radius 1 is 1.53 bits per heavy atom. The Hall–Kier alpha value is 0.230. The highest BCUT2D eigenvalue weighted by atomic mass is 32.2. The van der Waals surface area contributed by atoms with Gasteiger partial charge in [0.05, 0.1) is 6.10 Å². The Labute approximate surface area is 110 Å². The van der Waals surface area contributed by atoms with Gasteiger partial charge in [-0.1, -0.05) is 6.92 Å². The summed E-state index contributed by atoms with van der Waals surface area (Å²) < 4.78 is 5.87. The maximum absolute atomic E-state index is 5.90. The number of likely N-dealkylation sites (tertiary alicyclic amines) is 1. The molecule has 0 spiro atoms. The number of thioether (sulfide) groups is 1. The predicted molar refractivity (Wildman–Crippen MR) is 76.7 cm³/mol. The van der Waals surface area contributed by atoms with Crippen molar-refractivity contribution >= 4 is 11.8 Å². The SMILES string of the molecule is CCCOC1CCCN(C(CN)CCSC)C1. The Morgan fingerprint density at radius 3 is 3.00 bits per heavy atom. The Morgan fingerprint density at radius 2 is 2.35 bits per heavy atom. The van der Waals surface area contributed by atoms with Crippen molar-refractivity contribution in [3.05, 3.63) is 0 Å². The van der Waals surface area contributed by atoms with Crippen molar-refractivity contribution in [3.63, 3.8) is 0 Å². The summed E-state index contributed by atoms with van der Waals surface area (Å²) in [5.41, 5.74) is 5.90. The van der Waals surface area contributed by atoms with Crippen LogP contribution in [0.4, 0.5) is 0 Å². The second kappa shape index (κ2) is 9.20. The van der Waals surface area contributed by atoms with Crippen LogP contribution < -0.4 is 5.73 Å². The molecule has 1 aliphatic rings. The molecule has 2 N–H and O–H groups in total. The molecule has 2 atom stereocenters. The Balaban J connectivity index is 2.34. The lowest BCUT2D eigenvalue weighted by atomic mass is 10.0. The zero-order chi connectivity index (χ0) is 12.5. The number of hydrogen-bond acceptors (Lipinski definition) is 4. The molecule has 3 nitrogen and oxygen atoms in total. The molecule has 2 unspecified atom stereocenters. The van der Waals surface area contributed by atoms with Gasteiger partial charge in [-0.05, 0) is 44.2 Å². The molecule has 17 heavy (non-hydrogen) atoms. The monoisotopic (exact) mass is 260 g/mol. The maximum Gasteiger partial charge on any atom is 0.0702 e. The standard InChI is InChI=1S/C13H28N2OS/c1-3-8-16-13-5-4-7-15(11-13)12(10-14)6-9-17-2/h12-13H,3-11,14H2,1-2H3. The molecule has 0 amide bonds. The van der Waals surface area contributed by atoms with E-state index in [0.717, 1.165) is 26.1 Å². The molecule has 0 aromatic carbocycles. The average molecular weight is 260 g/mol. The molecule has 0 radical (unpaired) electrons. The first kappa shape index (κ1) is 15.3. The fourth-order valence-electron chi connectivity index (χ4n) is 2.42. The first-order valence-corrected chi connectivity index (χ1v) is 8.25. The van der Waals surface area contributed by atoms with Crippen molar-refractivity contribution < 1.29 is 4.74 Å². The van der Waals surface area contributed by atoms with E-state index in [4.69, 9.17) is 10.5 Å². The van der Waals surface area contributed by atoms with E-state index in [1.807, 2.05) is 11.8 Å². The number of nitrogens with two attached hydrogens (primary N) is 1. The minimum absolute atomic E-state index is 0.437. The Bertz CT molecular complexity index is 192. The molecule has 1 aliphatic heterocycles. The van der Waals surface area contributed by atoms with Gasteiger partial charge in [-0.3, -0.25) is 4.90 Å². The normalized spacial score (nSPS) is 23.8. The molecular formula is C13H28N2OS. The highest BCUT2D eigenvalue weighted by Crippen LogP contribution is 2.18. The third-order valence-corrected chi connectivity index (χ3v) is 4.05. The largest absolute Gasteiger partial charge is 0.377 e. The lowest BCUT2D eigenvalue weighted by Gasteiger charge is -2.37. The van der Waals surface area contributed by atoms with Crippen LogP contribution in [0.1, 0.15) is 32.6 Å². The summed E-state index contributed by atoms with van der Waals surface area (Å²) in [7, 11) is 0. The second-order valence-corrected chi connectivity index (χ2v) is 5.79. The Kier molecular flexibility index (Phi) is 8.27. The van der Waals surface area contributed by atoms with Crippen molar-refractivity contribution in [2.24, 2.45) is 5.73 Å². The van der Waals surface area contributed by atoms with E-state index in [9.17, 15) is 0 Å². The van der Waals surface area contributed by atoms with Crippen molar-refractivity contribution in [2.45, 2.75) is 44.8 Å². The van der Waals surface area contributed by atoms with Gasteiger partial charge in [-0.2, -0.15) is 11.8 Å². The highest BCUT2D eigenvalue weighted by Gasteiger charge is 2.25. The molecule has 0 saturated carbocycles. The fourth-order valence-corrected chi connectivity index (χ4v) is 2.93. The second-order valence-electron chi connectivity index (χ2n) is 4.80. The van der Waals surface area contributed by atoms with Crippen LogP contribution in [0.2, 0.25) is 0 Å². The molecule has 1 heterocycles. The van der Waals surface area contributed by atoms with Gasteiger partial charge < -0.3 is 10.5 Å². The molecule has 0 aromatic heterocycles. The van der Waals surface area contributed by atoms with E-state index in [1.165, 1.54) is 31.6 Å². The van der Waals surface area contributed by atoms with Gasteiger partial charge in [0.1, 0.15) is 0 Å². The number of rotatable bonds is 8. The van der Waals surface area contributed by atoms with Crippen LogP contribution in [-0.4, -0.2) is 55.3 Å². The topological polar surface area (TPSA) is 38.5 Å². The van der Waals surface area contributed by atoms with E-state index in [0.29, 0.717) is 12.1 Å². The summed E-state index contributed by atoms with van der Waals surface area (Å²) in [5.74, 6) is 1.21. The summed E-state index contributed by atoms with van der Waals surface area (Å²) in [5, 5.41) is 0. The molecule has 1 rings (SSSR count). The van der Waals surface area contributed by atoms with E-state index in [-0.39, 0.29) is 0 Å². The number of ether oxygens (including phenoxy) is 1. The van der Waals surface area contributed by atoms with Crippen LogP contribution in [0.3, 0.4) is 0 Å². The first-order valence-electron chi connectivity index (χ1n) is 6.86. The molecule has 4 heteroatoms. The number of hydrogen-bond donors (Lipinski definition) is 1. The van der Waals surface area contributed by atoms with Crippen molar-refractivity contribution in [3.8, 4) is 0 Å². The lowest BCUT2D eigenvalue weighted by molar-refractivity contribution is -0.0117. The molecule has 0 aromatic rings. The van der Waals surface area contributed by atoms with E-state index in [2.05, 4.69) is 18.1 Å². The number of piperidine rings is 1. The van der Waals surface area contributed by atoms with Crippen LogP contribution in [-0.2, 0) is 4.74 Å². The van der Waals surface area contributed by atoms with Gasteiger partial charge in [-0.25, -0.2) is 0 Å². The van der Waals surface area contributed by atoms with Gasteiger partial charge in [-0.15, -0.1) is 0 Å². The third kappa shape index (κ3) is 5.60. The fraction of sp³-hybridized carbons (Fsp3) is 1.00. The summed E-state index contributed by atoms with van der Waals surface area (Å²) in [4.78, 5) is 2.54. The quantitative estimate of drug-likeness (QED) is 0.724. The van der Waals surface area contributed by atoms with Gasteiger partial charge in [0.25, 0.3) is 0 Å². The average Bonchev–Trinajstić information content (AvgIpc) is 2.38. The molecule has 0 aliphatic carbocycles. The van der Waals surface area contributed by atoms with Crippen LogP contribution in [0.15, 0.2) is 0 Å². The molecule has 1 saturated heterocycles. The zero-order valence-corrected chi connectivity index (χ0v) is 12.2. The summed E-state index contributed by atoms with van der Waals surface area (Å²) in [6.45, 7) is 6.12. The molecular weight excluding hydrogens is 232 g/mol. The third-order valence-electron chi connectivity index (χ3n) is 3.41. The van der Waals surface area contributed by atoms with Crippen LogP contribution in [0, 0.1) is 0 Å². The number of nitrogens with zero attached hydrogens (tertiary/aromatic N) is 1. The lowest BCUT2D eigenvalue weighted by Crippen LogP contribution is -2.48. The van der Waals surface area contributed by atoms with Crippen LogP contribution >= 0.6 is 11.8 Å². The summed E-state index contributed by atoms with van der Waals surface area (Å²) in [6, 6.07) is 0.551. The van der Waals surface area contributed by atoms with Crippen molar-refractivity contribution in [1.82, 2.24) is 4.90 Å². The minimum atomic E-state index is 0.437. The van der Waals surface area contributed by atoms with Gasteiger partial charge >= 0.3 is 0 Å². The van der Waals surface area contributed by atoms with E-state index in [1.54, 1.807) is 0 Å². The smallest absolute Gasteiger partial charge is 0.0702 e. The molecule has 0 bridgehead atoms. The minimum Gasteiger partial charge on any atom is -0.377 e. The summed E-state index contributed by atoms with van der Waals surface area (Å²) in [6.07, 6.45) is 7.39.